The van der Waals surface area contributed by atoms with Crippen LogP contribution in [0, 0.1) is 5.82 Å². The SMILES string of the molecule is O=C(Cc1ccc(F)cn1)C1(N2CCN(Cc3ccccc3)CC2)CC1. The van der Waals surface area contributed by atoms with Crippen LogP contribution in [0.25, 0.3) is 0 Å². The van der Waals surface area contributed by atoms with Crippen molar-refractivity contribution in [3.8, 4) is 0 Å². The van der Waals surface area contributed by atoms with Gasteiger partial charge in [-0.2, -0.15) is 0 Å². The van der Waals surface area contributed by atoms with Gasteiger partial charge in [0.15, 0.2) is 5.78 Å². The molecule has 0 atom stereocenters. The van der Waals surface area contributed by atoms with Crippen LogP contribution in [-0.2, 0) is 17.8 Å². The molecule has 4 rings (SSSR count). The maximum Gasteiger partial charge on any atom is 0.159 e. The molecule has 0 spiro atoms. The molecule has 0 N–H and O–H groups in total. The van der Waals surface area contributed by atoms with Crippen LogP contribution in [0.15, 0.2) is 48.7 Å². The number of piperazine rings is 1. The molecule has 1 aromatic carbocycles. The van der Waals surface area contributed by atoms with E-state index < -0.39 is 0 Å². The minimum absolute atomic E-state index is 0.230. The van der Waals surface area contributed by atoms with Crippen molar-refractivity contribution in [2.24, 2.45) is 0 Å². The second-order valence-electron chi connectivity index (χ2n) is 7.35. The van der Waals surface area contributed by atoms with E-state index in [-0.39, 0.29) is 17.1 Å². The van der Waals surface area contributed by atoms with Crippen LogP contribution in [0.2, 0.25) is 0 Å². The number of hydrogen-bond donors (Lipinski definition) is 0. The van der Waals surface area contributed by atoms with Gasteiger partial charge in [-0.3, -0.25) is 19.6 Å². The van der Waals surface area contributed by atoms with Crippen LogP contribution in [0.5, 0.6) is 0 Å². The monoisotopic (exact) mass is 353 g/mol. The Morgan fingerprint density at radius 2 is 1.77 bits per heavy atom. The average molecular weight is 353 g/mol. The third-order valence-corrected chi connectivity index (χ3v) is 5.60. The highest BCUT2D eigenvalue weighted by molar-refractivity contribution is 5.92. The van der Waals surface area contributed by atoms with Gasteiger partial charge in [0, 0.05) is 38.4 Å². The Labute approximate surface area is 153 Å². The average Bonchev–Trinajstić information content (AvgIpc) is 3.47. The number of carbonyl (C=O) groups is 1. The van der Waals surface area contributed by atoms with E-state index in [0.717, 1.165) is 45.6 Å². The van der Waals surface area contributed by atoms with Crippen LogP contribution in [0.1, 0.15) is 24.1 Å². The molecule has 0 unspecified atom stereocenters. The molecule has 0 amide bonds. The van der Waals surface area contributed by atoms with Crippen molar-refractivity contribution in [1.29, 1.82) is 0 Å². The van der Waals surface area contributed by atoms with E-state index in [1.165, 1.54) is 17.8 Å². The van der Waals surface area contributed by atoms with Crippen molar-refractivity contribution in [2.75, 3.05) is 26.2 Å². The molecule has 0 radical (unpaired) electrons. The quantitative estimate of drug-likeness (QED) is 0.800. The van der Waals surface area contributed by atoms with Gasteiger partial charge in [0.2, 0.25) is 0 Å². The fraction of sp³-hybridized carbons (Fsp3) is 0.429. The van der Waals surface area contributed by atoms with Crippen molar-refractivity contribution < 1.29 is 9.18 Å². The second-order valence-corrected chi connectivity index (χ2v) is 7.35. The Morgan fingerprint density at radius 1 is 1.04 bits per heavy atom. The molecule has 0 bridgehead atoms. The lowest BCUT2D eigenvalue weighted by molar-refractivity contribution is -0.126. The van der Waals surface area contributed by atoms with Crippen LogP contribution in [0.3, 0.4) is 0 Å². The first kappa shape index (κ1) is 17.3. The normalized spacial score (nSPS) is 20.0. The lowest BCUT2D eigenvalue weighted by Crippen LogP contribution is -2.54. The van der Waals surface area contributed by atoms with Gasteiger partial charge < -0.3 is 0 Å². The van der Waals surface area contributed by atoms with Crippen molar-refractivity contribution in [2.45, 2.75) is 31.3 Å². The predicted molar refractivity (Wildman–Crippen MR) is 98.2 cm³/mol. The summed E-state index contributed by atoms with van der Waals surface area (Å²) in [5.74, 6) is -0.134. The lowest BCUT2D eigenvalue weighted by atomic mass is 10.0. The van der Waals surface area contributed by atoms with Gasteiger partial charge in [-0.15, -0.1) is 0 Å². The number of pyridine rings is 1. The van der Waals surface area contributed by atoms with Crippen molar-refractivity contribution >= 4 is 5.78 Å². The van der Waals surface area contributed by atoms with Crippen LogP contribution < -0.4 is 0 Å². The minimum atomic E-state index is -0.364. The predicted octanol–water partition coefficient (Wildman–Crippen LogP) is 2.68. The molecule has 1 aromatic heterocycles. The molecule has 1 aliphatic carbocycles. The molecule has 2 aliphatic rings. The van der Waals surface area contributed by atoms with Crippen LogP contribution >= 0.6 is 0 Å². The summed E-state index contributed by atoms with van der Waals surface area (Å²) in [5, 5.41) is 0. The zero-order valence-corrected chi connectivity index (χ0v) is 14.9. The largest absolute Gasteiger partial charge is 0.297 e. The summed E-state index contributed by atoms with van der Waals surface area (Å²) in [5.41, 5.74) is 1.69. The molecule has 1 aliphatic heterocycles. The summed E-state index contributed by atoms with van der Waals surface area (Å²) in [4.78, 5) is 21.7. The molecule has 1 saturated carbocycles. The summed E-state index contributed by atoms with van der Waals surface area (Å²) >= 11 is 0. The number of rotatable bonds is 6. The van der Waals surface area contributed by atoms with Crippen molar-refractivity contribution in [3.05, 3.63) is 65.7 Å². The van der Waals surface area contributed by atoms with Gasteiger partial charge in [0.25, 0.3) is 0 Å². The minimum Gasteiger partial charge on any atom is -0.297 e. The van der Waals surface area contributed by atoms with E-state index >= 15 is 0 Å². The summed E-state index contributed by atoms with van der Waals surface area (Å²) in [7, 11) is 0. The van der Waals surface area contributed by atoms with E-state index in [0.29, 0.717) is 12.1 Å². The zero-order chi connectivity index (χ0) is 18.0. The van der Waals surface area contributed by atoms with E-state index in [9.17, 15) is 9.18 Å². The highest BCUT2D eigenvalue weighted by Crippen LogP contribution is 2.43. The molecule has 5 heteroatoms. The molecule has 2 fully saturated rings. The Morgan fingerprint density at radius 3 is 2.38 bits per heavy atom. The number of nitrogens with zero attached hydrogens (tertiary/aromatic N) is 3. The Kier molecular flexibility index (Phi) is 4.83. The molecule has 136 valence electrons. The number of Topliss-reactive ketones (excluding diaryl/α,β-unsaturated/α-hetero) is 1. The summed E-state index contributed by atoms with van der Waals surface area (Å²) in [6, 6.07) is 13.5. The van der Waals surface area contributed by atoms with Crippen molar-refractivity contribution in [1.82, 2.24) is 14.8 Å². The lowest BCUT2D eigenvalue weighted by Gasteiger charge is -2.39. The van der Waals surface area contributed by atoms with E-state index in [4.69, 9.17) is 0 Å². The zero-order valence-electron chi connectivity index (χ0n) is 14.9. The molecule has 2 heterocycles. The van der Waals surface area contributed by atoms with Crippen molar-refractivity contribution in [3.63, 3.8) is 0 Å². The maximum atomic E-state index is 13.0. The number of ketones is 1. The highest BCUT2D eigenvalue weighted by Gasteiger charge is 2.54. The number of hydrogen-bond acceptors (Lipinski definition) is 4. The second kappa shape index (κ2) is 7.25. The first-order valence-corrected chi connectivity index (χ1v) is 9.31. The number of carbonyl (C=O) groups excluding carboxylic acids is 1. The van der Waals surface area contributed by atoms with Gasteiger partial charge in [-0.25, -0.2) is 4.39 Å². The fourth-order valence-corrected chi connectivity index (χ4v) is 3.91. The molecular weight excluding hydrogens is 329 g/mol. The molecule has 26 heavy (non-hydrogen) atoms. The Hall–Kier alpha value is -2.11. The van der Waals surface area contributed by atoms with Gasteiger partial charge >= 0.3 is 0 Å². The highest BCUT2D eigenvalue weighted by atomic mass is 19.1. The topological polar surface area (TPSA) is 36.4 Å². The first-order valence-electron chi connectivity index (χ1n) is 9.31. The standard InChI is InChI=1S/C21H24FN3O/c22-18-6-7-19(23-15-18)14-20(26)21(8-9-21)25-12-10-24(11-13-25)16-17-4-2-1-3-5-17/h1-7,15H,8-14,16H2. The molecular formula is C21H24FN3O. The van der Waals surface area contributed by atoms with Crippen LogP contribution in [-0.4, -0.2) is 52.3 Å². The Balaban J connectivity index is 1.33. The van der Waals surface area contributed by atoms with E-state index in [1.54, 1.807) is 6.07 Å². The smallest absolute Gasteiger partial charge is 0.159 e. The number of aromatic nitrogens is 1. The Bertz CT molecular complexity index is 751. The molecule has 2 aromatic rings. The van der Waals surface area contributed by atoms with Gasteiger partial charge in [0.05, 0.1) is 18.2 Å². The van der Waals surface area contributed by atoms with E-state index in [1.807, 2.05) is 6.07 Å². The van der Waals surface area contributed by atoms with Gasteiger partial charge in [0.1, 0.15) is 5.82 Å². The third kappa shape index (κ3) is 3.69. The summed E-state index contributed by atoms with van der Waals surface area (Å²) in [6.45, 7) is 4.79. The van der Waals surface area contributed by atoms with Crippen LogP contribution in [0.4, 0.5) is 4.39 Å². The first-order chi connectivity index (χ1) is 12.7. The summed E-state index contributed by atoms with van der Waals surface area (Å²) in [6.07, 6.45) is 3.35. The fourth-order valence-electron chi connectivity index (χ4n) is 3.91. The summed E-state index contributed by atoms with van der Waals surface area (Å²) < 4.78 is 13.0. The maximum absolute atomic E-state index is 13.0. The van der Waals surface area contributed by atoms with E-state index in [2.05, 4.69) is 39.0 Å². The number of halogens is 1. The molecule has 4 nitrogen and oxygen atoms in total. The number of benzene rings is 1. The van der Waals surface area contributed by atoms with Gasteiger partial charge in [-0.1, -0.05) is 30.3 Å². The third-order valence-electron chi connectivity index (χ3n) is 5.60. The molecule has 1 saturated heterocycles. The van der Waals surface area contributed by atoms with Gasteiger partial charge in [-0.05, 0) is 30.5 Å².